The molecule has 2 aromatic rings. The summed E-state index contributed by atoms with van der Waals surface area (Å²) < 4.78 is 15.6. The van der Waals surface area contributed by atoms with Crippen molar-refractivity contribution in [2.45, 2.75) is 37.8 Å². The van der Waals surface area contributed by atoms with Crippen molar-refractivity contribution in [3.05, 3.63) is 36.8 Å². The molecule has 0 aliphatic heterocycles. The van der Waals surface area contributed by atoms with Crippen molar-refractivity contribution in [3.8, 4) is 0 Å². The Labute approximate surface area is 110 Å². The summed E-state index contributed by atoms with van der Waals surface area (Å²) in [6.07, 6.45) is 9.22. The molecular weight excluding hydrogens is 245 g/mol. The number of pyridine rings is 1. The summed E-state index contributed by atoms with van der Waals surface area (Å²) in [5.74, 6) is 0.0682. The van der Waals surface area contributed by atoms with E-state index in [2.05, 4.69) is 25.1 Å². The van der Waals surface area contributed by atoms with Crippen molar-refractivity contribution >= 4 is 5.82 Å². The lowest BCUT2D eigenvalue weighted by Crippen LogP contribution is -2.27. The molecule has 1 saturated carbocycles. The third-order valence-electron chi connectivity index (χ3n) is 3.65. The van der Waals surface area contributed by atoms with Crippen molar-refractivity contribution in [2.24, 2.45) is 0 Å². The number of halogens is 1. The van der Waals surface area contributed by atoms with Crippen LogP contribution in [0.4, 0.5) is 10.2 Å². The van der Waals surface area contributed by atoms with Gasteiger partial charge in [0.15, 0.2) is 11.6 Å². The van der Waals surface area contributed by atoms with E-state index in [4.69, 9.17) is 0 Å². The molecule has 0 saturated heterocycles. The fourth-order valence-corrected chi connectivity index (χ4v) is 2.60. The van der Waals surface area contributed by atoms with E-state index in [0.717, 1.165) is 25.7 Å². The molecule has 1 N–H and O–H groups in total. The van der Waals surface area contributed by atoms with E-state index in [1.54, 1.807) is 24.9 Å². The maximum atomic E-state index is 13.5. The minimum absolute atomic E-state index is 0.288. The summed E-state index contributed by atoms with van der Waals surface area (Å²) in [6, 6.07) is 3.78. The number of hydrogen-bond acceptors (Lipinski definition) is 4. The molecule has 100 valence electrons. The van der Waals surface area contributed by atoms with E-state index in [0.29, 0.717) is 11.9 Å². The Kier molecular flexibility index (Phi) is 3.39. The first-order valence-corrected chi connectivity index (χ1v) is 6.54. The summed E-state index contributed by atoms with van der Waals surface area (Å²) in [4.78, 5) is 4.03. The molecule has 0 atom stereocenters. The van der Waals surface area contributed by atoms with Gasteiger partial charge < -0.3 is 9.88 Å². The van der Waals surface area contributed by atoms with Crippen LogP contribution in [0.25, 0.3) is 0 Å². The largest absolute Gasteiger partial charge is 0.365 e. The summed E-state index contributed by atoms with van der Waals surface area (Å²) in [6.45, 7) is 0. The average molecular weight is 261 g/mol. The molecule has 19 heavy (non-hydrogen) atoms. The van der Waals surface area contributed by atoms with Gasteiger partial charge in [-0.2, -0.15) is 0 Å². The summed E-state index contributed by atoms with van der Waals surface area (Å²) in [5.41, 5.74) is 0. The van der Waals surface area contributed by atoms with Crippen molar-refractivity contribution in [3.63, 3.8) is 0 Å². The van der Waals surface area contributed by atoms with Crippen LogP contribution in [-0.4, -0.2) is 25.8 Å². The monoisotopic (exact) mass is 261 g/mol. The van der Waals surface area contributed by atoms with Gasteiger partial charge in [0, 0.05) is 18.3 Å². The standard InChI is InChI=1S/C13H16FN5/c14-12-2-1-7-15-13(12)18-10-3-5-11(6-4-10)19-8-16-17-9-19/h1-2,7-11H,3-6H2,(H,15,18). The number of rotatable bonds is 3. The predicted octanol–water partition coefficient (Wildman–Crippen LogP) is 2.41. The number of hydrogen-bond donors (Lipinski definition) is 1. The van der Waals surface area contributed by atoms with Gasteiger partial charge in [0.05, 0.1) is 0 Å². The van der Waals surface area contributed by atoms with E-state index in [1.165, 1.54) is 6.07 Å². The Balaban J connectivity index is 1.57. The molecule has 6 heteroatoms. The molecule has 2 heterocycles. The fourth-order valence-electron chi connectivity index (χ4n) is 2.60. The Hall–Kier alpha value is -1.98. The normalized spacial score (nSPS) is 23.2. The zero-order chi connectivity index (χ0) is 13.1. The first-order valence-electron chi connectivity index (χ1n) is 6.54. The van der Waals surface area contributed by atoms with Gasteiger partial charge in [-0.05, 0) is 37.8 Å². The molecule has 1 aliphatic rings. The second-order valence-corrected chi connectivity index (χ2v) is 4.89. The van der Waals surface area contributed by atoms with Crippen LogP contribution >= 0.6 is 0 Å². The Morgan fingerprint density at radius 1 is 1.16 bits per heavy atom. The van der Waals surface area contributed by atoms with Gasteiger partial charge >= 0.3 is 0 Å². The Bertz CT molecular complexity index is 520. The van der Waals surface area contributed by atoms with Crippen LogP contribution in [0.15, 0.2) is 31.0 Å². The molecule has 0 radical (unpaired) electrons. The zero-order valence-corrected chi connectivity index (χ0v) is 10.5. The Morgan fingerprint density at radius 2 is 1.89 bits per heavy atom. The number of aromatic nitrogens is 4. The molecule has 1 aliphatic carbocycles. The average Bonchev–Trinajstić information content (AvgIpc) is 2.96. The van der Waals surface area contributed by atoms with Crippen LogP contribution < -0.4 is 5.32 Å². The SMILES string of the molecule is Fc1cccnc1NC1CCC(n2cnnc2)CC1. The number of nitrogens with zero attached hydrogens (tertiary/aromatic N) is 4. The topological polar surface area (TPSA) is 55.6 Å². The molecular formula is C13H16FN5. The van der Waals surface area contributed by atoms with Crippen molar-refractivity contribution in [2.75, 3.05) is 5.32 Å². The maximum absolute atomic E-state index is 13.5. The molecule has 0 aromatic carbocycles. The molecule has 0 bridgehead atoms. The van der Waals surface area contributed by atoms with Gasteiger partial charge in [0.1, 0.15) is 12.7 Å². The highest BCUT2D eigenvalue weighted by atomic mass is 19.1. The molecule has 2 aromatic heterocycles. The predicted molar refractivity (Wildman–Crippen MR) is 69.1 cm³/mol. The molecule has 0 unspecified atom stereocenters. The second-order valence-electron chi connectivity index (χ2n) is 4.89. The second kappa shape index (κ2) is 5.34. The molecule has 5 nitrogen and oxygen atoms in total. The van der Waals surface area contributed by atoms with Crippen molar-refractivity contribution < 1.29 is 4.39 Å². The van der Waals surface area contributed by atoms with Crippen LogP contribution in [-0.2, 0) is 0 Å². The van der Waals surface area contributed by atoms with Crippen LogP contribution in [0.1, 0.15) is 31.7 Å². The van der Waals surface area contributed by atoms with E-state index in [1.807, 2.05) is 0 Å². The highest BCUT2D eigenvalue weighted by Gasteiger charge is 2.22. The van der Waals surface area contributed by atoms with Gasteiger partial charge in [-0.3, -0.25) is 0 Å². The smallest absolute Gasteiger partial charge is 0.165 e. The minimum Gasteiger partial charge on any atom is -0.365 e. The van der Waals surface area contributed by atoms with E-state index in [9.17, 15) is 4.39 Å². The van der Waals surface area contributed by atoms with Gasteiger partial charge in [-0.1, -0.05) is 0 Å². The van der Waals surface area contributed by atoms with Gasteiger partial charge in [0.2, 0.25) is 0 Å². The number of nitrogens with one attached hydrogen (secondary N) is 1. The number of anilines is 1. The van der Waals surface area contributed by atoms with E-state index in [-0.39, 0.29) is 11.9 Å². The first kappa shape index (κ1) is 12.1. The third kappa shape index (κ3) is 2.72. The lowest BCUT2D eigenvalue weighted by atomic mass is 9.91. The van der Waals surface area contributed by atoms with Crippen LogP contribution in [0.3, 0.4) is 0 Å². The van der Waals surface area contributed by atoms with Crippen molar-refractivity contribution in [1.82, 2.24) is 19.7 Å². The van der Waals surface area contributed by atoms with E-state index < -0.39 is 0 Å². The summed E-state index contributed by atoms with van der Waals surface area (Å²) in [7, 11) is 0. The van der Waals surface area contributed by atoms with Gasteiger partial charge in [-0.25, -0.2) is 9.37 Å². The van der Waals surface area contributed by atoms with Crippen LogP contribution in [0.2, 0.25) is 0 Å². The van der Waals surface area contributed by atoms with Crippen LogP contribution in [0, 0.1) is 5.82 Å². The molecule has 3 rings (SSSR count). The van der Waals surface area contributed by atoms with Crippen molar-refractivity contribution in [1.29, 1.82) is 0 Å². The first-order chi connectivity index (χ1) is 9.33. The lowest BCUT2D eigenvalue weighted by Gasteiger charge is -2.29. The quantitative estimate of drug-likeness (QED) is 0.921. The van der Waals surface area contributed by atoms with Gasteiger partial charge in [0.25, 0.3) is 0 Å². The molecule has 1 fully saturated rings. The lowest BCUT2D eigenvalue weighted by molar-refractivity contribution is 0.333. The highest BCUT2D eigenvalue weighted by Crippen LogP contribution is 2.29. The molecule has 0 spiro atoms. The Morgan fingerprint density at radius 3 is 2.58 bits per heavy atom. The summed E-state index contributed by atoms with van der Waals surface area (Å²) >= 11 is 0. The van der Waals surface area contributed by atoms with Crippen LogP contribution in [0.5, 0.6) is 0 Å². The third-order valence-corrected chi connectivity index (χ3v) is 3.65. The minimum atomic E-state index is -0.288. The maximum Gasteiger partial charge on any atom is 0.165 e. The molecule has 0 amide bonds. The zero-order valence-electron chi connectivity index (χ0n) is 10.5. The van der Waals surface area contributed by atoms with Gasteiger partial charge in [-0.15, -0.1) is 10.2 Å². The fraction of sp³-hybridized carbons (Fsp3) is 0.462. The summed E-state index contributed by atoms with van der Waals surface area (Å²) in [5, 5.41) is 10.9. The highest BCUT2D eigenvalue weighted by molar-refractivity contribution is 5.36. The van der Waals surface area contributed by atoms with E-state index >= 15 is 0 Å².